The Balaban J connectivity index is 1.33. The Kier molecular flexibility index (Phi) is 5.70. The first kappa shape index (κ1) is 27.1. The summed E-state index contributed by atoms with van der Waals surface area (Å²) in [5.74, 6) is 0. The van der Waals surface area contributed by atoms with Crippen LogP contribution in [0.25, 0.3) is 137 Å². The highest BCUT2D eigenvalue weighted by atomic mass is 15.2. The first-order valence-electron chi connectivity index (χ1n) is 41.5. The Morgan fingerprint density at radius 1 is 0.229 bits per heavy atom. The first-order chi connectivity index (χ1) is 52.3. The second-order valence-electron chi connectivity index (χ2n) is 21.2. The van der Waals surface area contributed by atoms with Crippen LogP contribution in [-0.2, 0) is 0 Å². The van der Waals surface area contributed by atoms with Gasteiger partial charge in [-0.05, 0) is 190 Å². The molecule has 5 aromatic heterocycles. The van der Waals surface area contributed by atoms with E-state index >= 15 is 0 Å². The van der Waals surface area contributed by atoms with Gasteiger partial charge in [-0.15, -0.1) is 0 Å². The van der Waals surface area contributed by atoms with Crippen LogP contribution in [0.1, 0.15) is 102 Å². The zero-order chi connectivity index (χ0) is 81.6. The molecule has 0 atom stereocenters. The zero-order valence-electron chi connectivity index (χ0n) is 73.5. The minimum absolute atomic E-state index is 0.0817. The van der Waals surface area contributed by atoms with E-state index in [2.05, 4.69) is 6.07 Å². The lowest BCUT2D eigenvalue weighted by Crippen LogP contribution is -2.19. The molecule has 0 saturated carbocycles. The number of fused-ring (bicyclic) bond motifs is 15. The highest BCUT2D eigenvalue weighted by Gasteiger charge is 2.36. The predicted molar refractivity (Wildman–Crippen MR) is 350 cm³/mol. The van der Waals surface area contributed by atoms with Crippen molar-refractivity contribution in [3.05, 3.63) is 243 Å². The van der Waals surface area contributed by atoms with Crippen molar-refractivity contribution in [1.29, 1.82) is 5.26 Å². The molecule has 0 aliphatic rings. The molecule has 0 bridgehead atoms. The smallest absolute Gasteiger partial charge is 0.105 e. The summed E-state index contributed by atoms with van der Waals surface area (Å²) in [5, 5.41) is 14.5. The molecule has 0 unspecified atom stereocenters. The molecule has 0 amide bonds. The number of rotatable bonds is 5. The molecule has 0 fully saturated rings. The number of aryl methyl sites for hydroxylation is 10. The van der Waals surface area contributed by atoms with Crippen LogP contribution in [0.2, 0.25) is 0 Å². The summed E-state index contributed by atoms with van der Waals surface area (Å²) in [7, 11) is 0. The summed E-state index contributed by atoms with van der Waals surface area (Å²) in [4.78, 5) is 0. The normalized spacial score (nSPS) is 19.1. The maximum atomic E-state index is 13.5. The van der Waals surface area contributed by atoms with Gasteiger partial charge in [-0.1, -0.05) is 116 Å². The molecular formula is C77H60N6. The summed E-state index contributed by atoms with van der Waals surface area (Å²) >= 11 is 0. The summed E-state index contributed by atoms with van der Waals surface area (Å²) in [6, 6.07) is 44.1. The van der Waals surface area contributed by atoms with E-state index in [0.717, 1.165) is 0 Å². The van der Waals surface area contributed by atoms with Crippen LogP contribution in [0, 0.1) is 79.9 Å². The third kappa shape index (κ3) is 6.89. The fraction of sp³-hybridized carbons (Fsp3) is 0.130. The molecule has 0 aliphatic carbocycles. The van der Waals surface area contributed by atoms with Gasteiger partial charge in [0.1, 0.15) is 11.6 Å². The fourth-order valence-corrected chi connectivity index (χ4v) is 13.2. The molecule has 398 valence electrons. The van der Waals surface area contributed by atoms with Crippen LogP contribution in [-0.4, -0.2) is 22.8 Å². The van der Waals surface area contributed by atoms with E-state index in [4.69, 9.17) is 41.1 Å². The topological polar surface area (TPSA) is 48.4 Å². The maximum Gasteiger partial charge on any atom is 0.105 e. The second kappa shape index (κ2) is 17.5. The van der Waals surface area contributed by atoms with Crippen molar-refractivity contribution >= 4 is 109 Å². The van der Waals surface area contributed by atoms with Crippen molar-refractivity contribution in [3.8, 4) is 34.5 Å². The Morgan fingerprint density at radius 2 is 0.373 bits per heavy atom. The number of nitriles is 1. The number of hydrogen-bond donors (Lipinski definition) is 0. The van der Waals surface area contributed by atoms with Crippen LogP contribution in [0.3, 0.4) is 0 Å². The van der Waals surface area contributed by atoms with E-state index in [1.54, 1.807) is 22.8 Å². The van der Waals surface area contributed by atoms with Crippen LogP contribution in [0.5, 0.6) is 0 Å². The van der Waals surface area contributed by atoms with Crippen LogP contribution < -0.4 is 0 Å². The molecule has 83 heavy (non-hydrogen) atoms. The Hall–Kier alpha value is -10.1. The molecule has 6 heteroatoms. The molecule has 6 nitrogen and oxygen atoms in total. The number of aromatic nitrogens is 5. The van der Waals surface area contributed by atoms with E-state index in [0.29, 0.717) is 0 Å². The average Bonchev–Trinajstić information content (AvgIpc) is 1.55. The molecule has 0 radical (unpaired) electrons. The van der Waals surface area contributed by atoms with Gasteiger partial charge < -0.3 is 22.8 Å². The van der Waals surface area contributed by atoms with Gasteiger partial charge in [-0.25, -0.2) is 0 Å². The lowest BCUT2D eigenvalue weighted by atomic mass is 10.0. The van der Waals surface area contributed by atoms with Crippen molar-refractivity contribution in [2.75, 3.05) is 0 Å². The number of benzene rings is 11. The van der Waals surface area contributed by atoms with E-state index in [-0.39, 0.29) is 193 Å². The fourth-order valence-electron chi connectivity index (χ4n) is 13.2. The molecule has 5 heterocycles. The van der Waals surface area contributed by atoms with Gasteiger partial charge in [0.15, 0.2) is 0 Å². The number of nitrogens with zero attached hydrogens (tertiary/aromatic N) is 6. The predicted octanol–water partition coefficient (Wildman–Crippen LogP) is 20.1. The number of hydrogen-bond acceptors (Lipinski definition) is 1. The molecule has 0 N–H and O–H groups in total. The Morgan fingerprint density at radius 3 is 0.518 bits per heavy atom. The molecular weight excluding hydrogens is 1010 g/mol. The van der Waals surface area contributed by atoms with Gasteiger partial charge >= 0.3 is 0 Å². The lowest BCUT2D eigenvalue weighted by Gasteiger charge is -2.30. The zero-order valence-corrected chi connectivity index (χ0v) is 43.5. The van der Waals surface area contributed by atoms with Crippen molar-refractivity contribution in [1.82, 2.24) is 22.8 Å². The molecule has 16 aromatic rings. The third-order valence-electron chi connectivity index (χ3n) is 16.4. The largest absolute Gasteiger partial charge is 0.306 e. The summed E-state index contributed by atoms with van der Waals surface area (Å²) in [5.41, 5.74) is -2.69. The van der Waals surface area contributed by atoms with Gasteiger partial charge in [0.2, 0.25) is 0 Å². The average molecular weight is 1100 g/mol. The van der Waals surface area contributed by atoms with Crippen LogP contribution in [0.15, 0.2) is 182 Å². The minimum Gasteiger partial charge on any atom is -0.306 e. The Bertz CT molecular complexity index is 6150. The van der Waals surface area contributed by atoms with E-state index < -0.39 is 74.1 Å². The van der Waals surface area contributed by atoms with Crippen molar-refractivity contribution in [2.24, 2.45) is 0 Å². The van der Waals surface area contributed by atoms with E-state index in [1.807, 2.05) is 0 Å². The highest BCUT2D eigenvalue weighted by molar-refractivity contribution is 6.18. The molecule has 0 saturated heterocycles. The highest BCUT2D eigenvalue weighted by Crippen LogP contribution is 2.52. The van der Waals surface area contributed by atoms with Gasteiger partial charge in [0.05, 0.1) is 83.6 Å². The van der Waals surface area contributed by atoms with Crippen LogP contribution >= 0.6 is 0 Å². The minimum atomic E-state index is -2.85. The summed E-state index contributed by atoms with van der Waals surface area (Å²) in [6.45, 7) is -28.4. The standard InChI is InChI=1S/C77H60N6/c1-42-11-21-63-52(31-42)53-32-43(2)12-22-64(53)79(63)73-62(41-78)74(80-65-23-13-44(3)33-54(65)55-34-45(4)14-24-66(55)80)76(82-69-27-17-48(7)37-58(69)59-38-49(8)18-28-70(59)82)77(83-71-29-19-50(9)39-60(71)61-40-51(10)20-30-72(61)83)75(73)81-67-25-15-46(5)35-56(67)57-36-47(6)16-26-68(57)81/h11-40H,1-10H3/i1D3,2D3,3D3,4D3,5D3,6D3,7D3,8D3,9D3,10D3. The van der Waals surface area contributed by atoms with Gasteiger partial charge in [0, 0.05) is 95.0 Å². The second-order valence-corrected chi connectivity index (χ2v) is 21.2. The van der Waals surface area contributed by atoms with Crippen molar-refractivity contribution in [3.63, 3.8) is 0 Å². The molecule has 16 rings (SSSR count). The maximum absolute atomic E-state index is 13.5. The van der Waals surface area contributed by atoms with E-state index in [1.165, 1.54) is 182 Å². The van der Waals surface area contributed by atoms with Crippen LogP contribution in [0.4, 0.5) is 0 Å². The van der Waals surface area contributed by atoms with E-state index in [9.17, 15) is 5.26 Å². The Labute approximate surface area is 523 Å². The van der Waals surface area contributed by atoms with Gasteiger partial charge in [-0.2, -0.15) is 5.26 Å². The first-order valence-corrected chi connectivity index (χ1v) is 26.5. The summed E-state index contributed by atoms with van der Waals surface area (Å²) in [6.07, 6.45) is 0. The van der Waals surface area contributed by atoms with Gasteiger partial charge in [-0.3, -0.25) is 0 Å². The summed E-state index contributed by atoms with van der Waals surface area (Å²) < 4.78 is 273. The van der Waals surface area contributed by atoms with Crippen molar-refractivity contribution < 1.29 is 41.1 Å². The third-order valence-corrected chi connectivity index (χ3v) is 16.4. The van der Waals surface area contributed by atoms with Crippen molar-refractivity contribution in [2.45, 2.75) is 68.5 Å². The SMILES string of the molecule is [2H]C([2H])([2H])c1ccc2c(c1)c1cc(C([2H])([2H])[2H])ccc1n2-c1c(C#N)c(-n2c3ccc(C([2H])([2H])[2H])cc3c3cc(C([2H])([2H])[2H])ccc32)c(-n2c3ccc(C([2H])([2H])[2H])cc3c3cc(C([2H])([2H])[2H])ccc32)c(-n2c3ccc(C([2H])([2H])[2H])cc3c3cc(C([2H])([2H])[2H])ccc32)c1-n1c2ccc(C([2H])([2H])[2H])cc2c2cc(C([2H])([2H])[2H])ccc21. The molecule has 0 spiro atoms. The van der Waals surface area contributed by atoms with Gasteiger partial charge in [0.25, 0.3) is 0 Å². The molecule has 0 aliphatic heterocycles. The molecule has 11 aromatic carbocycles. The quantitative estimate of drug-likeness (QED) is 0.169. The lowest BCUT2D eigenvalue weighted by molar-refractivity contribution is 0.992. The monoisotopic (exact) mass is 1100 g/mol.